The minimum atomic E-state index is -0.247. The van der Waals surface area contributed by atoms with Gasteiger partial charge < -0.3 is 0 Å². The molecule has 110 valence electrons. The van der Waals surface area contributed by atoms with E-state index < -0.39 is 0 Å². The molecule has 0 unspecified atom stereocenters. The largest absolute Gasteiger partial charge is 0.291 e. The summed E-state index contributed by atoms with van der Waals surface area (Å²) >= 11 is 7.97. The average molecular weight is 321 g/mol. The van der Waals surface area contributed by atoms with Crippen LogP contribution in [0.1, 0.15) is 32.1 Å². The molecule has 5 heteroatoms. The number of benzene rings is 1. The smallest absolute Gasteiger partial charge is 0.266 e. The lowest BCUT2D eigenvalue weighted by atomic mass is 10.0. The van der Waals surface area contributed by atoms with Gasteiger partial charge in [0.15, 0.2) is 0 Å². The highest BCUT2D eigenvalue weighted by molar-refractivity contribution is 8.00. The van der Waals surface area contributed by atoms with Gasteiger partial charge in [0.2, 0.25) is 0 Å². The Morgan fingerprint density at radius 3 is 2.57 bits per heavy atom. The second-order valence-corrected chi connectivity index (χ2v) is 6.97. The minimum Gasteiger partial charge on any atom is -0.266 e. The van der Waals surface area contributed by atoms with Crippen molar-refractivity contribution in [3.63, 3.8) is 0 Å². The first kappa shape index (κ1) is 14.7. The number of halogens is 1. The van der Waals surface area contributed by atoms with Gasteiger partial charge in [-0.1, -0.05) is 49.1 Å². The minimum absolute atomic E-state index is 0.247. The molecule has 0 N–H and O–H groups in total. The highest BCUT2D eigenvalue weighted by Gasteiger charge is 2.18. The molecule has 1 aromatic heterocycles. The van der Waals surface area contributed by atoms with Gasteiger partial charge in [0.05, 0.1) is 16.8 Å². The van der Waals surface area contributed by atoms with Gasteiger partial charge in [0.1, 0.15) is 5.02 Å². The average Bonchev–Trinajstić information content (AvgIpc) is 2.54. The normalized spacial score (nSPS) is 16.0. The molecule has 0 amide bonds. The second kappa shape index (κ2) is 6.67. The van der Waals surface area contributed by atoms with Crippen LogP contribution < -0.4 is 5.56 Å². The summed E-state index contributed by atoms with van der Waals surface area (Å²) in [6, 6.07) is 9.35. The van der Waals surface area contributed by atoms with Crippen LogP contribution >= 0.6 is 23.4 Å². The van der Waals surface area contributed by atoms with Crippen LogP contribution in [0.25, 0.3) is 5.69 Å². The lowest BCUT2D eigenvalue weighted by molar-refractivity contribution is 0.516. The van der Waals surface area contributed by atoms with Crippen LogP contribution in [0.15, 0.2) is 46.2 Å². The number of aromatic nitrogens is 2. The Labute approximate surface area is 133 Å². The standard InChI is InChI=1S/C16H17ClN2OS/c17-15-14(21-13-9-5-2-6-10-13)11-18-19(16(15)20)12-7-3-1-4-8-12/h1,3-4,7-8,11,13H,2,5-6,9-10H2. The number of hydrogen-bond acceptors (Lipinski definition) is 3. The maximum Gasteiger partial charge on any atom is 0.291 e. The third-order valence-electron chi connectivity index (χ3n) is 3.73. The fraction of sp³-hybridized carbons (Fsp3) is 0.375. The van der Waals surface area contributed by atoms with Crippen molar-refractivity contribution in [1.82, 2.24) is 9.78 Å². The van der Waals surface area contributed by atoms with Gasteiger partial charge in [-0.3, -0.25) is 4.79 Å². The van der Waals surface area contributed by atoms with Crippen molar-refractivity contribution in [2.24, 2.45) is 0 Å². The molecule has 1 saturated carbocycles. The van der Waals surface area contributed by atoms with Crippen LogP contribution in [-0.4, -0.2) is 15.0 Å². The van der Waals surface area contributed by atoms with Gasteiger partial charge in [-0.05, 0) is 25.0 Å². The van der Waals surface area contributed by atoms with E-state index in [4.69, 9.17) is 11.6 Å². The van der Waals surface area contributed by atoms with E-state index in [2.05, 4.69) is 5.10 Å². The van der Waals surface area contributed by atoms with E-state index in [1.165, 1.54) is 36.8 Å². The third-order valence-corrected chi connectivity index (χ3v) is 5.58. The maximum atomic E-state index is 12.4. The Morgan fingerprint density at radius 2 is 1.86 bits per heavy atom. The molecule has 3 nitrogen and oxygen atoms in total. The van der Waals surface area contributed by atoms with E-state index in [1.807, 2.05) is 30.3 Å². The zero-order valence-electron chi connectivity index (χ0n) is 11.7. The predicted octanol–water partition coefficient (Wildman–Crippen LogP) is 4.31. The van der Waals surface area contributed by atoms with Crippen molar-refractivity contribution in [2.75, 3.05) is 0 Å². The summed E-state index contributed by atoms with van der Waals surface area (Å²) in [5.74, 6) is 0. The number of nitrogens with zero attached hydrogens (tertiary/aromatic N) is 2. The molecule has 3 rings (SSSR count). The van der Waals surface area contributed by atoms with Crippen molar-refractivity contribution in [3.05, 3.63) is 51.9 Å². The van der Waals surface area contributed by atoms with Crippen LogP contribution in [0.2, 0.25) is 5.02 Å². The van der Waals surface area contributed by atoms with Crippen molar-refractivity contribution in [2.45, 2.75) is 42.2 Å². The Bertz CT molecular complexity index is 666. The molecular weight excluding hydrogens is 304 g/mol. The third kappa shape index (κ3) is 3.33. The van der Waals surface area contributed by atoms with Gasteiger partial charge in [-0.15, -0.1) is 11.8 Å². The number of hydrogen-bond donors (Lipinski definition) is 0. The van der Waals surface area contributed by atoms with E-state index in [0.717, 1.165) is 10.6 Å². The van der Waals surface area contributed by atoms with Gasteiger partial charge in [-0.25, -0.2) is 0 Å². The number of thioether (sulfide) groups is 1. The molecule has 0 spiro atoms. The highest BCUT2D eigenvalue weighted by Crippen LogP contribution is 2.35. The zero-order chi connectivity index (χ0) is 14.7. The molecule has 21 heavy (non-hydrogen) atoms. The molecule has 1 fully saturated rings. The van der Waals surface area contributed by atoms with E-state index in [-0.39, 0.29) is 10.6 Å². The van der Waals surface area contributed by atoms with Crippen LogP contribution in [0.4, 0.5) is 0 Å². The van der Waals surface area contributed by atoms with Crippen molar-refractivity contribution in [3.8, 4) is 5.69 Å². The van der Waals surface area contributed by atoms with E-state index in [1.54, 1.807) is 18.0 Å². The Morgan fingerprint density at radius 1 is 1.14 bits per heavy atom. The molecule has 1 heterocycles. The highest BCUT2D eigenvalue weighted by atomic mass is 35.5. The maximum absolute atomic E-state index is 12.4. The lowest BCUT2D eigenvalue weighted by Crippen LogP contribution is -2.22. The molecule has 1 aliphatic carbocycles. The van der Waals surface area contributed by atoms with E-state index in [0.29, 0.717) is 5.25 Å². The summed E-state index contributed by atoms with van der Waals surface area (Å²) in [6.07, 6.45) is 7.97. The molecule has 0 aliphatic heterocycles. The fourth-order valence-corrected chi connectivity index (χ4v) is 4.10. The summed E-state index contributed by atoms with van der Waals surface area (Å²) in [5.41, 5.74) is 0.488. The van der Waals surface area contributed by atoms with Crippen LogP contribution in [-0.2, 0) is 0 Å². The van der Waals surface area contributed by atoms with Gasteiger partial charge >= 0.3 is 0 Å². The van der Waals surface area contributed by atoms with Crippen LogP contribution in [0.5, 0.6) is 0 Å². The predicted molar refractivity (Wildman–Crippen MR) is 87.6 cm³/mol. The molecule has 2 aromatic rings. The molecule has 0 bridgehead atoms. The zero-order valence-corrected chi connectivity index (χ0v) is 13.2. The Kier molecular flexibility index (Phi) is 4.66. The molecule has 1 aromatic carbocycles. The van der Waals surface area contributed by atoms with Gasteiger partial charge in [0.25, 0.3) is 5.56 Å². The molecular formula is C16H17ClN2OS. The summed E-state index contributed by atoms with van der Waals surface area (Å²) < 4.78 is 1.35. The fourth-order valence-electron chi connectivity index (χ4n) is 2.62. The van der Waals surface area contributed by atoms with Crippen molar-refractivity contribution < 1.29 is 0 Å². The summed E-state index contributed by atoms with van der Waals surface area (Å²) in [6.45, 7) is 0. The Balaban J connectivity index is 1.88. The van der Waals surface area contributed by atoms with Gasteiger partial charge in [0, 0.05) is 5.25 Å². The van der Waals surface area contributed by atoms with Gasteiger partial charge in [-0.2, -0.15) is 9.78 Å². The number of para-hydroxylation sites is 1. The molecule has 1 aliphatic rings. The molecule has 0 radical (unpaired) electrons. The second-order valence-electron chi connectivity index (χ2n) is 5.25. The Hall–Kier alpha value is -1.26. The van der Waals surface area contributed by atoms with Crippen LogP contribution in [0, 0.1) is 0 Å². The first-order valence-corrected chi connectivity index (χ1v) is 8.51. The number of rotatable bonds is 3. The first-order valence-electron chi connectivity index (χ1n) is 7.25. The topological polar surface area (TPSA) is 34.9 Å². The molecule has 0 saturated heterocycles. The molecule has 0 atom stereocenters. The monoisotopic (exact) mass is 320 g/mol. The first-order chi connectivity index (χ1) is 10.3. The summed E-state index contributed by atoms with van der Waals surface area (Å²) in [4.78, 5) is 13.2. The van der Waals surface area contributed by atoms with Crippen molar-refractivity contribution in [1.29, 1.82) is 0 Å². The van der Waals surface area contributed by atoms with E-state index in [9.17, 15) is 4.79 Å². The summed E-state index contributed by atoms with van der Waals surface area (Å²) in [7, 11) is 0. The lowest BCUT2D eigenvalue weighted by Gasteiger charge is -2.21. The van der Waals surface area contributed by atoms with Crippen molar-refractivity contribution >= 4 is 23.4 Å². The van der Waals surface area contributed by atoms with E-state index >= 15 is 0 Å². The summed E-state index contributed by atoms with van der Waals surface area (Å²) in [5, 5.41) is 5.12. The quantitative estimate of drug-likeness (QED) is 0.845. The van der Waals surface area contributed by atoms with Crippen LogP contribution in [0.3, 0.4) is 0 Å². The SMILES string of the molecule is O=c1c(Cl)c(SC2CCCCC2)cnn1-c1ccccc1.